The van der Waals surface area contributed by atoms with E-state index >= 15 is 4.39 Å². The van der Waals surface area contributed by atoms with Gasteiger partial charge in [0.2, 0.25) is 5.88 Å². The van der Waals surface area contributed by atoms with Gasteiger partial charge in [0.05, 0.1) is 23.3 Å². The summed E-state index contributed by atoms with van der Waals surface area (Å²) < 4.78 is 58.3. The van der Waals surface area contributed by atoms with E-state index in [4.69, 9.17) is 14.2 Å². The van der Waals surface area contributed by atoms with Crippen LogP contribution in [0.1, 0.15) is 28.8 Å². The van der Waals surface area contributed by atoms with E-state index in [1.807, 2.05) is 4.57 Å². The molecule has 3 aromatic carbocycles. The fourth-order valence-electron chi connectivity index (χ4n) is 4.64. The molecular formula is C32H30F3N3O5. The van der Waals surface area contributed by atoms with Crippen LogP contribution < -0.4 is 9.47 Å². The van der Waals surface area contributed by atoms with Crippen molar-refractivity contribution in [3.05, 3.63) is 107 Å². The van der Waals surface area contributed by atoms with Gasteiger partial charge in [-0.3, -0.25) is 0 Å². The molecule has 2 aromatic heterocycles. The molecule has 0 saturated heterocycles. The molecule has 224 valence electrons. The Morgan fingerprint density at radius 1 is 0.907 bits per heavy atom. The van der Waals surface area contributed by atoms with E-state index < -0.39 is 25.1 Å². The fourth-order valence-corrected chi connectivity index (χ4v) is 4.64. The number of alkyl halides is 2. The lowest BCUT2D eigenvalue weighted by Gasteiger charge is -2.11. The van der Waals surface area contributed by atoms with Crippen LogP contribution >= 0.6 is 0 Å². The van der Waals surface area contributed by atoms with Gasteiger partial charge in [0.25, 0.3) is 6.43 Å². The third-order valence-corrected chi connectivity index (χ3v) is 6.75. The van der Waals surface area contributed by atoms with Gasteiger partial charge in [-0.2, -0.15) is 0 Å². The molecule has 43 heavy (non-hydrogen) atoms. The first kappa shape index (κ1) is 30.0. The highest BCUT2D eigenvalue weighted by molar-refractivity contribution is 5.77. The van der Waals surface area contributed by atoms with Crippen molar-refractivity contribution in [1.82, 2.24) is 14.5 Å². The first-order chi connectivity index (χ1) is 20.8. The van der Waals surface area contributed by atoms with E-state index in [1.54, 1.807) is 79.9 Å². The standard InChI is InChI=1S/C32H30F3N3O5/c1-41-13-12-38-28-16-23(32(39)40)10-11-27(28)36-30(38)17-21-8-9-22(15-25(21)33)26-6-3-7-31(37-26)43-18-20-4-2-5-24(14-20)42-19-29(34)35/h2-11,14-16,29,32,39-40H,12-13,17-19H2,1H3. The molecule has 11 heteroatoms. The van der Waals surface area contributed by atoms with E-state index in [1.165, 1.54) is 6.07 Å². The van der Waals surface area contributed by atoms with Crippen molar-refractivity contribution in [1.29, 1.82) is 0 Å². The first-order valence-electron chi connectivity index (χ1n) is 13.5. The Bertz CT molecular complexity index is 1690. The molecule has 0 fully saturated rings. The summed E-state index contributed by atoms with van der Waals surface area (Å²) in [5.74, 6) is 0.824. The highest BCUT2D eigenvalue weighted by Gasteiger charge is 2.16. The van der Waals surface area contributed by atoms with Crippen molar-refractivity contribution in [3.8, 4) is 22.9 Å². The molecular weight excluding hydrogens is 563 g/mol. The molecule has 0 aliphatic rings. The minimum absolute atomic E-state index is 0.137. The van der Waals surface area contributed by atoms with Crippen LogP contribution in [0.3, 0.4) is 0 Å². The van der Waals surface area contributed by atoms with Crippen molar-refractivity contribution < 1.29 is 37.6 Å². The smallest absolute Gasteiger partial charge is 0.272 e. The number of aromatic nitrogens is 3. The van der Waals surface area contributed by atoms with Gasteiger partial charge in [0, 0.05) is 37.3 Å². The zero-order valence-electron chi connectivity index (χ0n) is 23.3. The minimum Gasteiger partial charge on any atom is -0.488 e. The van der Waals surface area contributed by atoms with Crippen LogP contribution in [0.5, 0.6) is 11.6 Å². The maximum Gasteiger partial charge on any atom is 0.272 e. The molecule has 8 nitrogen and oxygen atoms in total. The van der Waals surface area contributed by atoms with Gasteiger partial charge in [0.1, 0.15) is 30.6 Å². The number of nitrogens with zero attached hydrogens (tertiary/aromatic N) is 3. The molecule has 0 bridgehead atoms. The highest BCUT2D eigenvalue weighted by Crippen LogP contribution is 2.27. The van der Waals surface area contributed by atoms with Gasteiger partial charge >= 0.3 is 0 Å². The number of ether oxygens (including phenoxy) is 3. The number of methoxy groups -OCH3 is 1. The average Bonchev–Trinajstić information content (AvgIpc) is 3.35. The maximum absolute atomic E-state index is 15.4. The lowest BCUT2D eigenvalue weighted by Crippen LogP contribution is -2.10. The molecule has 0 amide bonds. The fraction of sp³-hybridized carbons (Fsp3) is 0.250. The summed E-state index contributed by atoms with van der Waals surface area (Å²) in [5, 5.41) is 19.2. The lowest BCUT2D eigenvalue weighted by molar-refractivity contribution is -0.0424. The number of hydrogen-bond acceptors (Lipinski definition) is 7. The number of halogens is 3. The predicted molar refractivity (Wildman–Crippen MR) is 153 cm³/mol. The molecule has 0 atom stereocenters. The van der Waals surface area contributed by atoms with Gasteiger partial charge < -0.3 is 29.0 Å². The Balaban J connectivity index is 1.32. The number of rotatable bonds is 13. The Kier molecular flexibility index (Phi) is 9.55. The number of pyridine rings is 1. The maximum atomic E-state index is 15.4. The van der Waals surface area contributed by atoms with Gasteiger partial charge in [0.15, 0.2) is 6.29 Å². The summed E-state index contributed by atoms with van der Waals surface area (Å²) >= 11 is 0. The van der Waals surface area contributed by atoms with Crippen molar-refractivity contribution in [2.75, 3.05) is 20.3 Å². The third kappa shape index (κ3) is 7.50. The van der Waals surface area contributed by atoms with Crippen LogP contribution in [-0.2, 0) is 24.3 Å². The molecule has 0 saturated carbocycles. The molecule has 5 rings (SSSR count). The molecule has 0 spiro atoms. The summed E-state index contributed by atoms with van der Waals surface area (Å²) in [6.07, 6.45) is -3.98. The molecule has 0 unspecified atom stereocenters. The SMILES string of the molecule is COCCn1c(Cc2ccc(-c3cccc(OCc4cccc(OCC(F)F)c4)n3)cc2F)nc2ccc(C(O)O)cc21. The largest absolute Gasteiger partial charge is 0.488 e. The van der Waals surface area contributed by atoms with Crippen molar-refractivity contribution in [3.63, 3.8) is 0 Å². The van der Waals surface area contributed by atoms with Crippen LogP contribution in [0.15, 0.2) is 78.9 Å². The second-order valence-electron chi connectivity index (χ2n) is 9.78. The number of imidazole rings is 1. The summed E-state index contributed by atoms with van der Waals surface area (Å²) in [5.41, 5.74) is 3.91. The second kappa shape index (κ2) is 13.7. The molecule has 0 radical (unpaired) electrons. The van der Waals surface area contributed by atoms with Gasteiger partial charge in [-0.15, -0.1) is 0 Å². The van der Waals surface area contributed by atoms with Crippen molar-refractivity contribution in [2.45, 2.75) is 32.3 Å². The third-order valence-electron chi connectivity index (χ3n) is 6.75. The van der Waals surface area contributed by atoms with E-state index in [0.717, 1.165) is 5.56 Å². The predicted octanol–water partition coefficient (Wildman–Crippen LogP) is 5.68. The Morgan fingerprint density at radius 2 is 1.74 bits per heavy atom. The average molecular weight is 594 g/mol. The Labute approximate surface area is 245 Å². The van der Waals surface area contributed by atoms with Gasteiger partial charge in [-0.1, -0.05) is 36.4 Å². The summed E-state index contributed by atoms with van der Waals surface area (Å²) in [7, 11) is 1.58. The van der Waals surface area contributed by atoms with E-state index in [2.05, 4.69) is 9.97 Å². The molecule has 0 aliphatic heterocycles. The molecule has 0 aliphatic carbocycles. The van der Waals surface area contributed by atoms with Crippen molar-refractivity contribution >= 4 is 11.0 Å². The van der Waals surface area contributed by atoms with Crippen LogP contribution in [0.25, 0.3) is 22.3 Å². The minimum atomic E-state index is -2.56. The van der Waals surface area contributed by atoms with Gasteiger partial charge in [-0.25, -0.2) is 23.1 Å². The second-order valence-corrected chi connectivity index (χ2v) is 9.78. The number of hydrogen-bond donors (Lipinski definition) is 2. The van der Waals surface area contributed by atoms with E-state index in [9.17, 15) is 19.0 Å². The quantitative estimate of drug-likeness (QED) is 0.170. The van der Waals surface area contributed by atoms with E-state index in [-0.39, 0.29) is 13.0 Å². The first-order valence-corrected chi connectivity index (χ1v) is 13.5. The Hall–Kier alpha value is -4.45. The van der Waals surface area contributed by atoms with Crippen LogP contribution in [0, 0.1) is 5.82 Å². The number of fused-ring (bicyclic) bond motifs is 1. The zero-order valence-corrected chi connectivity index (χ0v) is 23.3. The monoisotopic (exact) mass is 593 g/mol. The van der Waals surface area contributed by atoms with Crippen LogP contribution in [0.4, 0.5) is 13.2 Å². The highest BCUT2D eigenvalue weighted by atomic mass is 19.3. The topological polar surface area (TPSA) is 98.9 Å². The normalized spacial score (nSPS) is 11.5. The lowest BCUT2D eigenvalue weighted by atomic mass is 10.1. The summed E-state index contributed by atoms with van der Waals surface area (Å²) in [6.45, 7) is 0.302. The number of aliphatic hydroxyl groups is 2. The van der Waals surface area contributed by atoms with Crippen molar-refractivity contribution in [2.24, 2.45) is 0 Å². The molecule has 2 N–H and O–H groups in total. The molecule has 2 heterocycles. The molecule has 5 aromatic rings. The number of aliphatic hydroxyl groups excluding tert-OH is 1. The number of benzene rings is 3. The summed E-state index contributed by atoms with van der Waals surface area (Å²) in [6, 6.07) is 21.7. The Morgan fingerprint density at radius 3 is 2.51 bits per heavy atom. The van der Waals surface area contributed by atoms with Gasteiger partial charge in [-0.05, 0) is 47.5 Å². The van der Waals surface area contributed by atoms with Crippen LogP contribution in [0.2, 0.25) is 0 Å². The van der Waals surface area contributed by atoms with Crippen LogP contribution in [-0.4, -0.2) is 51.5 Å². The van der Waals surface area contributed by atoms with E-state index in [0.29, 0.717) is 64.0 Å². The summed E-state index contributed by atoms with van der Waals surface area (Å²) in [4.78, 5) is 9.17. The zero-order chi connectivity index (χ0) is 30.3.